The first-order chi connectivity index (χ1) is 12.1. The average molecular weight is 362 g/mol. The highest BCUT2D eigenvalue weighted by molar-refractivity contribution is 7.87. The highest BCUT2D eigenvalue weighted by Crippen LogP contribution is 2.23. The molecule has 0 saturated heterocycles. The van der Waals surface area contributed by atoms with Crippen molar-refractivity contribution in [1.29, 1.82) is 0 Å². The summed E-state index contributed by atoms with van der Waals surface area (Å²) in [6.07, 6.45) is 8.97. The van der Waals surface area contributed by atoms with Gasteiger partial charge in [0, 0.05) is 32.0 Å². The second-order valence-electron chi connectivity index (χ2n) is 6.61. The molecule has 3 rings (SSSR count). The second-order valence-corrected chi connectivity index (χ2v) is 8.42. The normalized spacial score (nSPS) is 16.4. The van der Waals surface area contributed by atoms with E-state index in [1.54, 1.807) is 13.2 Å². The Morgan fingerprint density at radius 2 is 1.88 bits per heavy atom. The SMILES string of the molecule is CN(C1CCCCC1)S(=O)(=O)NCc1ccccc1Cn1cccn1. The molecule has 1 fully saturated rings. The second kappa shape index (κ2) is 8.12. The van der Waals surface area contributed by atoms with Gasteiger partial charge in [0.2, 0.25) is 0 Å². The van der Waals surface area contributed by atoms with Gasteiger partial charge >= 0.3 is 0 Å². The molecule has 0 radical (unpaired) electrons. The van der Waals surface area contributed by atoms with E-state index in [1.807, 2.05) is 41.2 Å². The van der Waals surface area contributed by atoms with Crippen LogP contribution < -0.4 is 4.72 Å². The first-order valence-electron chi connectivity index (χ1n) is 8.83. The number of aromatic nitrogens is 2. The number of nitrogens with zero attached hydrogens (tertiary/aromatic N) is 3. The van der Waals surface area contributed by atoms with Crippen LogP contribution in [-0.2, 0) is 23.3 Å². The number of benzene rings is 1. The smallest absolute Gasteiger partial charge is 0.268 e. The maximum absolute atomic E-state index is 12.6. The summed E-state index contributed by atoms with van der Waals surface area (Å²) in [4.78, 5) is 0. The molecular weight excluding hydrogens is 336 g/mol. The van der Waals surface area contributed by atoms with Gasteiger partial charge in [-0.2, -0.15) is 22.5 Å². The highest BCUT2D eigenvalue weighted by atomic mass is 32.2. The summed E-state index contributed by atoms with van der Waals surface area (Å²) in [5, 5.41) is 4.22. The Hall–Kier alpha value is -1.70. The molecule has 0 unspecified atom stereocenters. The van der Waals surface area contributed by atoms with Crippen molar-refractivity contribution in [2.75, 3.05) is 7.05 Å². The topological polar surface area (TPSA) is 67.2 Å². The average Bonchev–Trinajstić information content (AvgIpc) is 3.14. The molecule has 7 heteroatoms. The van der Waals surface area contributed by atoms with E-state index in [2.05, 4.69) is 9.82 Å². The fourth-order valence-corrected chi connectivity index (χ4v) is 4.51. The van der Waals surface area contributed by atoms with Crippen LogP contribution in [0, 0.1) is 0 Å². The lowest BCUT2D eigenvalue weighted by atomic mass is 9.96. The molecule has 0 spiro atoms. The van der Waals surface area contributed by atoms with Crippen LogP contribution in [0.1, 0.15) is 43.2 Å². The Labute approximate surface area is 150 Å². The lowest BCUT2D eigenvalue weighted by Gasteiger charge is -2.30. The molecule has 1 aliphatic rings. The zero-order chi connectivity index (χ0) is 17.7. The Morgan fingerprint density at radius 1 is 1.16 bits per heavy atom. The van der Waals surface area contributed by atoms with Crippen LogP contribution in [0.5, 0.6) is 0 Å². The molecular formula is C18H26N4O2S. The molecule has 1 aromatic carbocycles. The van der Waals surface area contributed by atoms with Gasteiger partial charge in [0.05, 0.1) is 6.54 Å². The summed E-state index contributed by atoms with van der Waals surface area (Å²) in [6, 6.07) is 9.86. The predicted molar refractivity (Wildman–Crippen MR) is 98.2 cm³/mol. The third-order valence-corrected chi connectivity index (χ3v) is 6.49. The van der Waals surface area contributed by atoms with Crippen molar-refractivity contribution in [3.8, 4) is 0 Å². The summed E-state index contributed by atoms with van der Waals surface area (Å²) in [7, 11) is -1.79. The molecule has 1 aromatic heterocycles. The highest BCUT2D eigenvalue weighted by Gasteiger charge is 2.27. The zero-order valence-electron chi connectivity index (χ0n) is 14.6. The van der Waals surface area contributed by atoms with Crippen molar-refractivity contribution in [2.45, 2.75) is 51.2 Å². The van der Waals surface area contributed by atoms with Crippen molar-refractivity contribution < 1.29 is 8.42 Å². The van der Waals surface area contributed by atoms with Crippen molar-refractivity contribution in [3.63, 3.8) is 0 Å². The van der Waals surface area contributed by atoms with Crippen molar-refractivity contribution in [1.82, 2.24) is 18.8 Å². The van der Waals surface area contributed by atoms with Crippen molar-refractivity contribution in [2.24, 2.45) is 0 Å². The number of rotatable bonds is 7. The van der Waals surface area contributed by atoms with E-state index >= 15 is 0 Å². The van der Waals surface area contributed by atoms with Crippen LogP contribution in [-0.4, -0.2) is 35.6 Å². The molecule has 0 aliphatic heterocycles. The largest absolute Gasteiger partial charge is 0.279 e. The zero-order valence-corrected chi connectivity index (χ0v) is 15.5. The third kappa shape index (κ3) is 4.68. The van der Waals surface area contributed by atoms with Gasteiger partial charge in [-0.05, 0) is 30.0 Å². The van der Waals surface area contributed by atoms with Gasteiger partial charge in [-0.25, -0.2) is 0 Å². The molecule has 1 saturated carbocycles. The molecule has 1 N–H and O–H groups in total. The Bertz CT molecular complexity index is 768. The van der Waals surface area contributed by atoms with Crippen molar-refractivity contribution in [3.05, 3.63) is 53.9 Å². The summed E-state index contributed by atoms with van der Waals surface area (Å²) < 4.78 is 31.4. The maximum Gasteiger partial charge on any atom is 0.279 e. The van der Waals surface area contributed by atoms with Gasteiger partial charge in [-0.1, -0.05) is 43.5 Å². The number of hydrogen-bond donors (Lipinski definition) is 1. The first-order valence-corrected chi connectivity index (χ1v) is 10.3. The molecule has 0 atom stereocenters. The molecule has 0 bridgehead atoms. The monoisotopic (exact) mass is 362 g/mol. The fourth-order valence-electron chi connectivity index (χ4n) is 3.36. The van der Waals surface area contributed by atoms with E-state index in [0.29, 0.717) is 6.54 Å². The van der Waals surface area contributed by atoms with E-state index in [-0.39, 0.29) is 12.6 Å². The quantitative estimate of drug-likeness (QED) is 0.823. The molecule has 2 aromatic rings. The Morgan fingerprint density at radius 3 is 2.56 bits per heavy atom. The van der Waals surface area contributed by atoms with Crippen molar-refractivity contribution >= 4 is 10.2 Å². The minimum absolute atomic E-state index is 0.116. The van der Waals surface area contributed by atoms with Gasteiger partial charge in [0.15, 0.2) is 0 Å². The number of nitrogens with one attached hydrogen (secondary N) is 1. The van der Waals surface area contributed by atoms with Crippen LogP contribution in [0.25, 0.3) is 0 Å². The fraction of sp³-hybridized carbons (Fsp3) is 0.500. The van der Waals surface area contributed by atoms with E-state index in [4.69, 9.17) is 0 Å². The summed E-state index contributed by atoms with van der Waals surface area (Å²) in [5.41, 5.74) is 2.04. The Kier molecular flexibility index (Phi) is 5.88. The van der Waals surface area contributed by atoms with E-state index < -0.39 is 10.2 Å². The van der Waals surface area contributed by atoms with E-state index in [0.717, 1.165) is 36.8 Å². The standard InChI is InChI=1S/C18H26N4O2S/c1-21(18-10-3-2-4-11-18)25(23,24)20-14-16-8-5-6-9-17(16)15-22-13-7-12-19-22/h5-9,12-13,18,20H,2-4,10-11,14-15H2,1H3. The van der Waals surface area contributed by atoms with Gasteiger partial charge in [-0.15, -0.1) is 0 Å². The summed E-state index contributed by atoms with van der Waals surface area (Å²) >= 11 is 0. The minimum Gasteiger partial charge on any atom is -0.268 e. The summed E-state index contributed by atoms with van der Waals surface area (Å²) in [6.45, 7) is 0.917. The van der Waals surface area contributed by atoms with E-state index in [1.165, 1.54) is 10.7 Å². The van der Waals surface area contributed by atoms with Crippen LogP contribution in [0.15, 0.2) is 42.7 Å². The van der Waals surface area contributed by atoms with Gasteiger partial charge in [0.1, 0.15) is 0 Å². The van der Waals surface area contributed by atoms with E-state index in [9.17, 15) is 8.42 Å². The third-order valence-electron chi connectivity index (χ3n) is 4.92. The van der Waals surface area contributed by atoms with Crippen LogP contribution in [0.2, 0.25) is 0 Å². The molecule has 25 heavy (non-hydrogen) atoms. The molecule has 1 heterocycles. The van der Waals surface area contributed by atoms with Gasteiger partial charge < -0.3 is 0 Å². The Balaban J connectivity index is 1.66. The van der Waals surface area contributed by atoms with Crippen LogP contribution >= 0.6 is 0 Å². The summed E-state index contributed by atoms with van der Waals surface area (Å²) in [5.74, 6) is 0. The lowest BCUT2D eigenvalue weighted by Crippen LogP contribution is -2.44. The molecule has 1 aliphatic carbocycles. The first kappa shape index (κ1) is 18.1. The maximum atomic E-state index is 12.6. The van der Waals surface area contributed by atoms with Gasteiger partial charge in [-0.3, -0.25) is 4.68 Å². The molecule has 136 valence electrons. The minimum atomic E-state index is -3.48. The lowest BCUT2D eigenvalue weighted by molar-refractivity contribution is 0.283. The van der Waals surface area contributed by atoms with Crippen LogP contribution in [0.3, 0.4) is 0 Å². The van der Waals surface area contributed by atoms with Gasteiger partial charge in [0.25, 0.3) is 10.2 Å². The molecule has 6 nitrogen and oxygen atoms in total. The predicted octanol–water partition coefficient (Wildman–Crippen LogP) is 2.53. The molecule has 0 amide bonds. The number of hydrogen-bond acceptors (Lipinski definition) is 3. The van der Waals surface area contributed by atoms with Crippen LogP contribution in [0.4, 0.5) is 0 Å².